The van der Waals surface area contributed by atoms with Crippen LogP contribution in [-0.4, -0.2) is 22.0 Å². The third kappa shape index (κ3) is 2.67. The zero-order chi connectivity index (χ0) is 14.1. The van der Waals surface area contributed by atoms with E-state index in [1.807, 2.05) is 16.8 Å². The minimum absolute atomic E-state index is 0.161. The summed E-state index contributed by atoms with van der Waals surface area (Å²) >= 11 is 1.59. The van der Waals surface area contributed by atoms with Crippen LogP contribution in [0.2, 0.25) is 0 Å². The van der Waals surface area contributed by atoms with Gasteiger partial charge in [0.15, 0.2) is 0 Å². The number of hydrogen-bond donors (Lipinski definition) is 1. The van der Waals surface area contributed by atoms with Crippen molar-refractivity contribution in [1.82, 2.24) is 4.90 Å². The molecule has 1 aliphatic rings. The number of hydrogen-bond acceptors (Lipinski definition) is 3. The molecule has 0 aliphatic heterocycles. The monoisotopic (exact) mass is 291 g/mol. The summed E-state index contributed by atoms with van der Waals surface area (Å²) in [5, 5.41) is 13.7. The molecule has 0 bridgehead atoms. The lowest BCUT2D eigenvalue weighted by molar-refractivity contribution is 0.0727. The van der Waals surface area contributed by atoms with Crippen molar-refractivity contribution in [3.63, 3.8) is 0 Å². The molecule has 1 saturated carbocycles. The zero-order valence-electron chi connectivity index (χ0n) is 10.8. The number of halogens is 1. The first kappa shape index (κ1) is 13.1. The van der Waals surface area contributed by atoms with Crippen LogP contribution in [0.1, 0.15) is 28.8 Å². The highest BCUT2D eigenvalue weighted by atomic mass is 32.1. The first-order valence-electron chi connectivity index (χ1n) is 6.45. The molecular formula is C15H14FNO2S. The van der Waals surface area contributed by atoms with E-state index in [1.54, 1.807) is 16.2 Å². The van der Waals surface area contributed by atoms with Gasteiger partial charge in [0, 0.05) is 18.7 Å². The molecule has 2 aromatic rings. The third-order valence-electron chi connectivity index (χ3n) is 3.37. The Hall–Kier alpha value is -1.88. The van der Waals surface area contributed by atoms with Crippen LogP contribution in [0.3, 0.4) is 0 Å². The van der Waals surface area contributed by atoms with E-state index in [9.17, 15) is 14.3 Å². The third-order valence-corrected chi connectivity index (χ3v) is 4.10. The van der Waals surface area contributed by atoms with E-state index in [0.29, 0.717) is 6.54 Å². The number of benzene rings is 1. The van der Waals surface area contributed by atoms with Crippen LogP contribution in [0.5, 0.6) is 5.75 Å². The van der Waals surface area contributed by atoms with E-state index in [-0.39, 0.29) is 23.3 Å². The molecule has 1 N–H and O–H groups in total. The van der Waals surface area contributed by atoms with Gasteiger partial charge in [-0.3, -0.25) is 4.79 Å². The minimum Gasteiger partial charge on any atom is -0.507 e. The molecule has 1 aromatic heterocycles. The first-order valence-corrected chi connectivity index (χ1v) is 7.40. The number of rotatable bonds is 4. The summed E-state index contributed by atoms with van der Waals surface area (Å²) < 4.78 is 13.0. The normalized spacial score (nSPS) is 14.2. The number of nitrogens with zero attached hydrogens (tertiary/aromatic N) is 1. The van der Waals surface area contributed by atoms with Crippen LogP contribution in [0.15, 0.2) is 35.0 Å². The topological polar surface area (TPSA) is 40.5 Å². The van der Waals surface area contributed by atoms with Gasteiger partial charge in [-0.2, -0.15) is 11.3 Å². The Morgan fingerprint density at radius 2 is 2.20 bits per heavy atom. The van der Waals surface area contributed by atoms with E-state index in [4.69, 9.17) is 0 Å². The molecule has 3 rings (SSSR count). The summed E-state index contributed by atoms with van der Waals surface area (Å²) in [6.45, 7) is 0.532. The van der Waals surface area contributed by atoms with Crippen molar-refractivity contribution in [3.05, 3.63) is 52.0 Å². The number of carbonyl (C=O) groups excluding carboxylic acids is 1. The van der Waals surface area contributed by atoms with Gasteiger partial charge < -0.3 is 10.0 Å². The quantitative estimate of drug-likeness (QED) is 0.938. The maximum absolute atomic E-state index is 13.0. The molecule has 0 radical (unpaired) electrons. The van der Waals surface area contributed by atoms with Crippen molar-refractivity contribution < 1.29 is 14.3 Å². The average molecular weight is 291 g/mol. The van der Waals surface area contributed by atoms with Gasteiger partial charge in [0.1, 0.15) is 11.6 Å². The zero-order valence-corrected chi connectivity index (χ0v) is 11.6. The fraction of sp³-hybridized carbons (Fsp3) is 0.267. The summed E-state index contributed by atoms with van der Waals surface area (Å²) in [5.41, 5.74) is 1.24. The molecule has 1 aliphatic carbocycles. The van der Waals surface area contributed by atoms with Crippen molar-refractivity contribution in [3.8, 4) is 5.75 Å². The van der Waals surface area contributed by atoms with Crippen LogP contribution in [0.25, 0.3) is 0 Å². The summed E-state index contributed by atoms with van der Waals surface area (Å²) in [6.07, 6.45) is 1.97. The smallest absolute Gasteiger partial charge is 0.258 e. The van der Waals surface area contributed by atoms with Gasteiger partial charge in [0.2, 0.25) is 0 Å². The van der Waals surface area contributed by atoms with Crippen molar-refractivity contribution in [2.45, 2.75) is 25.4 Å². The molecule has 1 amide bonds. The van der Waals surface area contributed by atoms with Crippen LogP contribution < -0.4 is 0 Å². The summed E-state index contributed by atoms with van der Waals surface area (Å²) in [7, 11) is 0. The minimum atomic E-state index is -0.546. The molecule has 1 aromatic carbocycles. The van der Waals surface area contributed by atoms with Crippen molar-refractivity contribution in [2.24, 2.45) is 0 Å². The summed E-state index contributed by atoms with van der Waals surface area (Å²) in [6, 6.07) is 5.73. The summed E-state index contributed by atoms with van der Waals surface area (Å²) in [4.78, 5) is 14.3. The lowest BCUT2D eigenvalue weighted by atomic mass is 10.1. The number of phenolic OH excluding ortho intramolecular Hbond substituents is 1. The van der Waals surface area contributed by atoms with Gasteiger partial charge >= 0.3 is 0 Å². The second-order valence-corrected chi connectivity index (χ2v) is 5.74. The van der Waals surface area contributed by atoms with Crippen molar-refractivity contribution in [1.29, 1.82) is 0 Å². The number of aromatic hydroxyl groups is 1. The van der Waals surface area contributed by atoms with Gasteiger partial charge in [0.25, 0.3) is 5.91 Å². The SMILES string of the molecule is O=C(c1ccc(F)cc1O)N(Cc1ccsc1)C1CC1. The molecular weight excluding hydrogens is 277 g/mol. The number of carbonyl (C=O) groups is 1. The molecule has 1 heterocycles. The molecule has 0 spiro atoms. The van der Waals surface area contributed by atoms with Gasteiger partial charge in [-0.25, -0.2) is 4.39 Å². The van der Waals surface area contributed by atoms with E-state index >= 15 is 0 Å². The maximum Gasteiger partial charge on any atom is 0.258 e. The Kier molecular flexibility index (Phi) is 3.44. The fourth-order valence-electron chi connectivity index (χ4n) is 2.17. The second-order valence-electron chi connectivity index (χ2n) is 4.96. The summed E-state index contributed by atoms with van der Waals surface area (Å²) in [5.74, 6) is -1.09. The van der Waals surface area contributed by atoms with Gasteiger partial charge in [-0.15, -0.1) is 0 Å². The maximum atomic E-state index is 13.0. The fourth-order valence-corrected chi connectivity index (χ4v) is 2.83. The van der Waals surface area contributed by atoms with Crippen LogP contribution >= 0.6 is 11.3 Å². The molecule has 0 atom stereocenters. The van der Waals surface area contributed by atoms with Gasteiger partial charge in [0.05, 0.1) is 5.56 Å². The molecule has 0 unspecified atom stereocenters. The Morgan fingerprint density at radius 3 is 2.80 bits per heavy atom. The predicted molar refractivity (Wildman–Crippen MR) is 75.3 cm³/mol. The molecule has 0 saturated heterocycles. The lowest BCUT2D eigenvalue weighted by Gasteiger charge is -2.22. The lowest BCUT2D eigenvalue weighted by Crippen LogP contribution is -2.32. The van der Waals surface area contributed by atoms with E-state index < -0.39 is 5.82 Å². The van der Waals surface area contributed by atoms with Gasteiger partial charge in [-0.05, 0) is 47.4 Å². The van der Waals surface area contributed by atoms with Crippen LogP contribution in [-0.2, 0) is 6.54 Å². The molecule has 3 nitrogen and oxygen atoms in total. The molecule has 20 heavy (non-hydrogen) atoms. The Labute approximate surface area is 120 Å². The largest absolute Gasteiger partial charge is 0.507 e. The highest BCUT2D eigenvalue weighted by Gasteiger charge is 2.34. The molecule has 5 heteroatoms. The molecule has 1 fully saturated rings. The van der Waals surface area contributed by atoms with E-state index in [0.717, 1.165) is 24.5 Å². The van der Waals surface area contributed by atoms with Crippen molar-refractivity contribution in [2.75, 3.05) is 0 Å². The Balaban J connectivity index is 1.85. The van der Waals surface area contributed by atoms with Crippen LogP contribution in [0.4, 0.5) is 4.39 Å². The first-order chi connectivity index (χ1) is 9.65. The predicted octanol–water partition coefficient (Wildman–Crippen LogP) is 3.40. The van der Waals surface area contributed by atoms with E-state index in [2.05, 4.69) is 0 Å². The Bertz CT molecular complexity index is 623. The number of phenols is 1. The number of amides is 1. The highest BCUT2D eigenvalue weighted by molar-refractivity contribution is 7.07. The highest BCUT2D eigenvalue weighted by Crippen LogP contribution is 2.31. The van der Waals surface area contributed by atoms with Crippen molar-refractivity contribution >= 4 is 17.2 Å². The van der Waals surface area contributed by atoms with Gasteiger partial charge in [-0.1, -0.05) is 0 Å². The van der Waals surface area contributed by atoms with Crippen LogP contribution in [0, 0.1) is 5.82 Å². The molecule has 104 valence electrons. The Morgan fingerprint density at radius 1 is 1.40 bits per heavy atom. The number of thiophene rings is 1. The van der Waals surface area contributed by atoms with E-state index in [1.165, 1.54) is 12.1 Å². The standard InChI is InChI=1S/C15H14FNO2S/c16-11-1-4-13(14(18)7-11)15(19)17(12-2-3-12)8-10-5-6-20-9-10/h1,4-7,9,12,18H,2-3,8H2. The second kappa shape index (κ2) is 5.25. The average Bonchev–Trinajstić information content (AvgIpc) is 3.12.